The molecule has 16 nitrogen and oxygen atoms in total. The van der Waals surface area contributed by atoms with Crippen LogP contribution in [-0.2, 0) is 24.0 Å². The van der Waals surface area contributed by atoms with Crippen molar-refractivity contribution in [1.29, 1.82) is 0 Å². The quantitative estimate of drug-likeness (QED) is 0.0558. The second-order valence-electron chi connectivity index (χ2n) is 10.0. The number of aliphatic carboxylic acids is 2. The lowest BCUT2D eigenvalue weighted by molar-refractivity contribution is -0.161. The van der Waals surface area contributed by atoms with E-state index in [1.54, 1.807) is 0 Å². The molecule has 0 saturated carbocycles. The van der Waals surface area contributed by atoms with Gasteiger partial charge in [0.15, 0.2) is 28.1 Å². The molecule has 1 aromatic carbocycles. The van der Waals surface area contributed by atoms with Gasteiger partial charge < -0.3 is 40.7 Å². The molecule has 0 bridgehead atoms. The van der Waals surface area contributed by atoms with Gasteiger partial charge in [-0.25, -0.2) is 19.6 Å². The number of carboxylic acid groups (broad SMARTS) is 2. The number of nitrogens with zero attached hydrogens (tertiary/aromatic N) is 4. The lowest BCUT2D eigenvalue weighted by atomic mass is 10.0. The van der Waals surface area contributed by atoms with E-state index in [1.165, 1.54) is 55.4 Å². The highest BCUT2D eigenvalue weighted by Crippen LogP contribution is 2.42. The summed E-state index contributed by atoms with van der Waals surface area (Å²) in [6.45, 7) is 2.46. The molecule has 19 heteroatoms. The van der Waals surface area contributed by atoms with Gasteiger partial charge in [-0.15, -0.1) is 23.1 Å². The average molecular weight is 677 g/mol. The molecule has 4 heterocycles. The number of carboxylic acids is 2. The summed E-state index contributed by atoms with van der Waals surface area (Å²) in [5.41, 5.74) is 4.16. The number of thioether (sulfide) groups is 2. The first-order valence-electron chi connectivity index (χ1n) is 12.8. The number of carbonyl (C=O) groups excluding carboxylic acids is 2. The molecule has 3 aromatic rings. The van der Waals surface area contributed by atoms with Crippen LogP contribution in [0.3, 0.4) is 0 Å². The van der Waals surface area contributed by atoms with E-state index in [0.717, 1.165) is 28.0 Å². The zero-order chi connectivity index (χ0) is 32.6. The minimum atomic E-state index is -1.79. The Morgan fingerprint density at radius 2 is 2.02 bits per heavy atom. The van der Waals surface area contributed by atoms with Crippen LogP contribution >= 0.6 is 34.9 Å². The summed E-state index contributed by atoms with van der Waals surface area (Å²) in [5.74, 6) is -4.20. The first-order chi connectivity index (χ1) is 21.3. The molecule has 1 fully saturated rings. The van der Waals surface area contributed by atoms with E-state index in [-0.39, 0.29) is 44.8 Å². The number of benzene rings is 1. The fourth-order valence-corrected chi connectivity index (χ4v) is 6.92. The Morgan fingerprint density at radius 3 is 2.67 bits per heavy atom. The fourth-order valence-electron chi connectivity index (χ4n) is 4.09. The molecule has 0 radical (unpaired) electrons. The summed E-state index contributed by atoms with van der Waals surface area (Å²) in [7, 11) is 0. The number of aromatic hydroxyl groups is 2. The molecular weight excluding hydrogens is 653 g/mol. The largest absolute Gasteiger partial charge is 0.504 e. The maximum absolute atomic E-state index is 13.2. The number of phenolic OH excluding ortho intramolecular Hbond substituents is 2. The molecule has 2 atom stereocenters. The molecule has 5 rings (SSSR count). The van der Waals surface area contributed by atoms with Gasteiger partial charge in [0, 0.05) is 22.4 Å². The number of fused-ring (bicyclic) bond motifs is 1. The predicted octanol–water partition coefficient (Wildman–Crippen LogP) is 1.91. The van der Waals surface area contributed by atoms with Crippen LogP contribution in [0.15, 0.2) is 55.8 Å². The molecule has 2 amide bonds. The number of oxime groups is 1. The molecule has 1 saturated heterocycles. The van der Waals surface area contributed by atoms with Crippen LogP contribution in [0.4, 0.5) is 5.13 Å². The molecule has 2 aliphatic heterocycles. The van der Waals surface area contributed by atoms with Gasteiger partial charge in [0.1, 0.15) is 22.8 Å². The highest BCUT2D eigenvalue weighted by atomic mass is 32.2. The molecule has 236 valence electrons. The highest BCUT2D eigenvalue weighted by Gasteiger charge is 2.54. The lowest BCUT2D eigenvalue weighted by Crippen LogP contribution is -2.71. The van der Waals surface area contributed by atoms with E-state index in [9.17, 15) is 39.6 Å². The number of amides is 2. The van der Waals surface area contributed by atoms with Gasteiger partial charge in [-0.05, 0) is 37.6 Å². The summed E-state index contributed by atoms with van der Waals surface area (Å²) in [6, 6.07) is 3.03. The fraction of sp³-hybridized carbons (Fsp3) is 0.269. The zero-order valence-electron chi connectivity index (χ0n) is 23.3. The third-order valence-corrected chi connectivity index (χ3v) is 9.45. The van der Waals surface area contributed by atoms with Crippen LogP contribution in [0, 0.1) is 0 Å². The Bertz CT molecular complexity index is 1770. The number of anilines is 1. The number of oxazole rings is 1. The third-order valence-electron chi connectivity index (χ3n) is 6.51. The smallest absolute Gasteiger partial charge is 0.352 e. The van der Waals surface area contributed by atoms with Gasteiger partial charge in [0.25, 0.3) is 17.0 Å². The van der Waals surface area contributed by atoms with Crippen LogP contribution in [0.1, 0.15) is 19.5 Å². The van der Waals surface area contributed by atoms with E-state index in [0.29, 0.717) is 16.9 Å². The van der Waals surface area contributed by atoms with E-state index < -0.39 is 46.5 Å². The number of thiazole rings is 1. The van der Waals surface area contributed by atoms with Crippen molar-refractivity contribution in [2.24, 2.45) is 5.16 Å². The minimum Gasteiger partial charge on any atom is -0.504 e. The van der Waals surface area contributed by atoms with Crippen molar-refractivity contribution in [3.63, 3.8) is 0 Å². The van der Waals surface area contributed by atoms with Crippen LogP contribution < -0.4 is 11.1 Å². The molecule has 0 aliphatic carbocycles. The van der Waals surface area contributed by atoms with Crippen molar-refractivity contribution in [3.8, 4) is 22.8 Å². The Labute approximate surface area is 266 Å². The highest BCUT2D eigenvalue weighted by molar-refractivity contribution is 8.01. The van der Waals surface area contributed by atoms with Crippen molar-refractivity contribution in [2.45, 2.75) is 36.1 Å². The first-order valence-corrected chi connectivity index (χ1v) is 15.7. The number of nitrogen functional groups attached to an aromatic ring is 1. The van der Waals surface area contributed by atoms with Crippen LogP contribution in [0.5, 0.6) is 11.5 Å². The van der Waals surface area contributed by atoms with Crippen LogP contribution in [0.2, 0.25) is 0 Å². The number of hydrogen-bond donors (Lipinski definition) is 6. The van der Waals surface area contributed by atoms with E-state index in [4.69, 9.17) is 15.0 Å². The number of rotatable bonds is 11. The SMILES string of the molecule is CC(C)(ON=C(C(=O)N[C@@H]1C(=O)N2C(C(=O)O)=C(CSc3ncc(-c4ccc(O)c(O)c4)o3)CS[C@H]12)c1csc(N)n1)C(=O)O. The number of aromatic nitrogens is 2. The van der Waals surface area contributed by atoms with Crippen LogP contribution in [-0.4, -0.2) is 93.3 Å². The molecule has 0 unspecified atom stereocenters. The maximum atomic E-state index is 13.2. The maximum Gasteiger partial charge on any atom is 0.352 e. The van der Waals surface area contributed by atoms with E-state index in [1.807, 2.05) is 0 Å². The predicted molar refractivity (Wildman–Crippen MR) is 162 cm³/mol. The summed E-state index contributed by atoms with van der Waals surface area (Å²) in [6.07, 6.45) is 1.42. The Hall–Kier alpha value is -4.75. The third kappa shape index (κ3) is 6.40. The first kappa shape index (κ1) is 31.7. The summed E-state index contributed by atoms with van der Waals surface area (Å²) in [5, 5.41) is 45.8. The van der Waals surface area contributed by atoms with Gasteiger partial charge in [0.2, 0.25) is 5.60 Å². The van der Waals surface area contributed by atoms with Crippen LogP contribution in [0.25, 0.3) is 11.3 Å². The van der Waals surface area contributed by atoms with Crippen molar-refractivity contribution < 1.29 is 48.9 Å². The molecule has 7 N–H and O–H groups in total. The molecule has 45 heavy (non-hydrogen) atoms. The molecule has 0 spiro atoms. The van der Waals surface area contributed by atoms with Gasteiger partial charge in [-0.1, -0.05) is 16.9 Å². The van der Waals surface area contributed by atoms with Crippen molar-refractivity contribution in [3.05, 3.63) is 46.7 Å². The van der Waals surface area contributed by atoms with Crippen molar-refractivity contribution in [2.75, 3.05) is 17.2 Å². The van der Waals surface area contributed by atoms with Gasteiger partial charge in [0.05, 0.1) is 6.20 Å². The van der Waals surface area contributed by atoms with Gasteiger partial charge in [-0.3, -0.25) is 14.5 Å². The summed E-state index contributed by atoms with van der Waals surface area (Å²) in [4.78, 5) is 64.5. The lowest BCUT2D eigenvalue weighted by Gasteiger charge is -2.49. The molecular formula is C26H24N6O10S3. The van der Waals surface area contributed by atoms with Gasteiger partial charge >= 0.3 is 11.9 Å². The standard InChI is InChI=1S/C26H24N6O10S3/c1-26(2,23(39)40)42-31-16(12-9-44-24(27)29-12)19(35)30-17-20(36)32-18(22(37)38)11(7-43-21(17)32)8-45-25-28-6-15(41-25)10-3-4-13(33)14(34)5-10/h3-6,9,17,21,33-34H,7-8H2,1-2H3,(H2,27,29)(H,30,35)(H,37,38)(H,39,40)/t17-,21-/m1/s1. The van der Waals surface area contributed by atoms with Crippen molar-refractivity contribution in [1.82, 2.24) is 20.2 Å². The molecule has 2 aromatic heterocycles. The Morgan fingerprint density at radius 1 is 1.27 bits per heavy atom. The summed E-state index contributed by atoms with van der Waals surface area (Å²) >= 11 is 3.35. The molecule has 2 aliphatic rings. The second-order valence-corrected chi connectivity index (χ2v) is 12.9. The van der Waals surface area contributed by atoms with Crippen molar-refractivity contribution >= 4 is 69.5 Å². The Kier molecular flexibility index (Phi) is 8.68. The number of β-lactam (4-membered cyclic amide) rings is 1. The Balaban J connectivity index is 1.29. The topological polar surface area (TPSA) is 251 Å². The van der Waals surface area contributed by atoms with Gasteiger partial charge in [-0.2, -0.15) is 0 Å². The average Bonchev–Trinajstić information content (AvgIpc) is 3.64. The number of nitrogens with two attached hydrogens (primary N) is 1. The number of hydrogen-bond acceptors (Lipinski definition) is 15. The normalized spacial score (nSPS) is 18.3. The number of phenols is 2. The van der Waals surface area contributed by atoms with E-state index in [2.05, 4.69) is 20.4 Å². The zero-order valence-corrected chi connectivity index (χ0v) is 25.7. The minimum absolute atomic E-state index is 0.00143. The second kappa shape index (κ2) is 12.3. The number of nitrogens with one attached hydrogen (secondary N) is 1. The van der Waals surface area contributed by atoms with E-state index >= 15 is 0 Å². The monoisotopic (exact) mass is 676 g/mol. The number of carbonyl (C=O) groups is 4. The summed E-state index contributed by atoms with van der Waals surface area (Å²) < 4.78 is 5.70.